The normalized spacial score (nSPS) is 12.0. The third-order valence-electron chi connectivity index (χ3n) is 3.81. The summed E-state index contributed by atoms with van der Waals surface area (Å²) in [5, 5.41) is 0. The molecule has 0 spiro atoms. The van der Waals surface area contributed by atoms with Crippen molar-refractivity contribution in [3.8, 4) is 11.1 Å². The van der Waals surface area contributed by atoms with Crippen LogP contribution in [0, 0.1) is 5.82 Å². The Morgan fingerprint density at radius 1 is 0.815 bits per heavy atom. The second-order valence-corrected chi connectivity index (χ2v) is 7.34. The number of sulfonamides is 1. The Morgan fingerprint density at radius 2 is 1.44 bits per heavy atom. The van der Waals surface area contributed by atoms with Crippen LogP contribution in [0.5, 0.6) is 0 Å². The van der Waals surface area contributed by atoms with Crippen molar-refractivity contribution in [2.24, 2.45) is 0 Å². The van der Waals surface area contributed by atoms with Crippen LogP contribution in [0.3, 0.4) is 0 Å². The van der Waals surface area contributed by atoms with Gasteiger partial charge in [-0.05, 0) is 35.9 Å². The van der Waals surface area contributed by atoms with Gasteiger partial charge in [0.2, 0.25) is 0 Å². The zero-order chi connectivity index (χ0) is 19.7. The number of nitrogens with one attached hydrogen (secondary N) is 1. The highest BCUT2D eigenvalue weighted by molar-refractivity contribution is 7.92. The van der Waals surface area contributed by atoms with Gasteiger partial charge in [-0.3, -0.25) is 4.72 Å². The third-order valence-corrected chi connectivity index (χ3v) is 5.19. The first-order valence-corrected chi connectivity index (χ1v) is 9.21. The Bertz CT molecular complexity index is 1060. The predicted molar refractivity (Wildman–Crippen MR) is 94.1 cm³/mol. The molecule has 3 nitrogen and oxygen atoms in total. The van der Waals surface area contributed by atoms with Gasteiger partial charge in [-0.25, -0.2) is 12.8 Å². The zero-order valence-corrected chi connectivity index (χ0v) is 14.5. The fraction of sp³-hybridized carbons (Fsp3) is 0.0526. The smallest absolute Gasteiger partial charge is 0.279 e. The minimum absolute atomic E-state index is 0.00916. The molecule has 1 N–H and O–H groups in total. The van der Waals surface area contributed by atoms with Crippen LogP contribution in [-0.2, 0) is 16.2 Å². The van der Waals surface area contributed by atoms with Crippen molar-refractivity contribution in [3.05, 3.63) is 84.2 Å². The average molecular weight is 395 g/mol. The van der Waals surface area contributed by atoms with Gasteiger partial charge in [-0.2, -0.15) is 13.2 Å². The Morgan fingerprint density at radius 3 is 2.11 bits per heavy atom. The van der Waals surface area contributed by atoms with Crippen molar-refractivity contribution in [1.29, 1.82) is 0 Å². The lowest BCUT2D eigenvalue weighted by molar-refractivity contribution is -0.139. The first kappa shape index (κ1) is 18.9. The van der Waals surface area contributed by atoms with Crippen molar-refractivity contribution in [2.45, 2.75) is 11.1 Å². The number of hydrogen-bond donors (Lipinski definition) is 1. The molecule has 0 unspecified atom stereocenters. The first-order valence-electron chi connectivity index (χ1n) is 7.72. The number of anilines is 1. The van der Waals surface area contributed by atoms with E-state index < -0.39 is 27.6 Å². The second kappa shape index (κ2) is 7.03. The maximum atomic E-state index is 13.5. The number of rotatable bonds is 4. The summed E-state index contributed by atoms with van der Waals surface area (Å²) in [6, 6.07) is 16.0. The lowest BCUT2D eigenvalue weighted by Crippen LogP contribution is -2.13. The second-order valence-electron chi connectivity index (χ2n) is 5.66. The Balaban J connectivity index is 2.06. The average Bonchev–Trinajstić information content (AvgIpc) is 2.62. The summed E-state index contributed by atoms with van der Waals surface area (Å²) in [7, 11) is -3.94. The molecule has 140 valence electrons. The Hall–Kier alpha value is -2.87. The van der Waals surface area contributed by atoms with E-state index in [4.69, 9.17) is 0 Å². The molecule has 8 heteroatoms. The van der Waals surface area contributed by atoms with Crippen LogP contribution < -0.4 is 4.72 Å². The van der Waals surface area contributed by atoms with E-state index in [1.165, 1.54) is 30.3 Å². The van der Waals surface area contributed by atoms with Crippen LogP contribution in [0.15, 0.2) is 77.7 Å². The summed E-state index contributed by atoms with van der Waals surface area (Å²) in [5.41, 5.74) is -1.10. The standard InChI is InChI=1S/C19H13F4NO2S/c20-17-11-10-13(12-16(17)19(21,22)23)15-8-4-5-9-18(15)24-27(25,26)14-6-2-1-3-7-14/h1-12,24H. The van der Waals surface area contributed by atoms with Crippen molar-refractivity contribution in [2.75, 3.05) is 4.72 Å². The molecule has 0 aliphatic heterocycles. The summed E-state index contributed by atoms with van der Waals surface area (Å²) in [6.07, 6.45) is -4.86. The van der Waals surface area contributed by atoms with Crippen LogP contribution >= 0.6 is 0 Å². The van der Waals surface area contributed by atoms with Gasteiger partial charge in [0.05, 0.1) is 16.1 Å². The van der Waals surface area contributed by atoms with Crippen LogP contribution in [0.2, 0.25) is 0 Å². The van der Waals surface area contributed by atoms with Crippen molar-refractivity contribution >= 4 is 15.7 Å². The quantitative estimate of drug-likeness (QED) is 0.609. The van der Waals surface area contributed by atoms with E-state index in [1.54, 1.807) is 30.3 Å². The van der Waals surface area contributed by atoms with E-state index in [9.17, 15) is 26.0 Å². The molecular formula is C19H13F4NO2S. The van der Waals surface area contributed by atoms with E-state index in [-0.39, 0.29) is 21.7 Å². The van der Waals surface area contributed by atoms with Gasteiger partial charge < -0.3 is 0 Å². The van der Waals surface area contributed by atoms with Gasteiger partial charge in [-0.15, -0.1) is 0 Å². The summed E-state index contributed by atoms with van der Waals surface area (Å²) in [5.74, 6) is -1.39. The number of hydrogen-bond acceptors (Lipinski definition) is 2. The molecule has 0 radical (unpaired) electrons. The van der Waals surface area contributed by atoms with Crippen molar-refractivity contribution in [1.82, 2.24) is 0 Å². The van der Waals surface area contributed by atoms with Crippen LogP contribution in [0.4, 0.5) is 23.2 Å². The molecule has 0 amide bonds. The van der Waals surface area contributed by atoms with Gasteiger partial charge in [0.25, 0.3) is 10.0 Å². The van der Waals surface area contributed by atoms with Gasteiger partial charge in [0.1, 0.15) is 5.82 Å². The monoisotopic (exact) mass is 395 g/mol. The van der Waals surface area contributed by atoms with Crippen molar-refractivity contribution in [3.63, 3.8) is 0 Å². The topological polar surface area (TPSA) is 46.2 Å². The van der Waals surface area contributed by atoms with E-state index >= 15 is 0 Å². The lowest BCUT2D eigenvalue weighted by Gasteiger charge is -2.15. The summed E-state index contributed by atoms with van der Waals surface area (Å²) >= 11 is 0. The molecule has 0 fully saturated rings. The minimum Gasteiger partial charge on any atom is -0.279 e. The number of para-hydroxylation sites is 1. The highest BCUT2D eigenvalue weighted by Crippen LogP contribution is 2.36. The van der Waals surface area contributed by atoms with Crippen LogP contribution in [0.1, 0.15) is 5.56 Å². The highest BCUT2D eigenvalue weighted by atomic mass is 32.2. The molecule has 3 aromatic rings. The van der Waals surface area contributed by atoms with Gasteiger partial charge >= 0.3 is 6.18 Å². The maximum Gasteiger partial charge on any atom is 0.419 e. The maximum absolute atomic E-state index is 13.5. The molecule has 0 aliphatic rings. The number of alkyl halides is 3. The van der Waals surface area contributed by atoms with E-state index in [2.05, 4.69) is 4.72 Å². The van der Waals surface area contributed by atoms with Crippen LogP contribution in [0.25, 0.3) is 11.1 Å². The summed E-state index contributed by atoms with van der Waals surface area (Å²) in [4.78, 5) is 0.00916. The molecule has 3 rings (SSSR count). The molecule has 0 atom stereocenters. The predicted octanol–water partition coefficient (Wildman–Crippen LogP) is 5.31. The summed E-state index contributed by atoms with van der Waals surface area (Å²) < 4.78 is 79.9. The minimum atomic E-state index is -4.86. The molecule has 3 aromatic carbocycles. The molecule has 0 heterocycles. The van der Waals surface area contributed by atoms with Crippen LogP contribution in [-0.4, -0.2) is 8.42 Å². The number of halogens is 4. The molecule has 0 saturated heterocycles. The van der Waals surface area contributed by atoms with Gasteiger partial charge in [0, 0.05) is 5.56 Å². The Labute approximate surface area is 153 Å². The van der Waals surface area contributed by atoms with Gasteiger partial charge in [-0.1, -0.05) is 42.5 Å². The zero-order valence-electron chi connectivity index (χ0n) is 13.7. The first-order chi connectivity index (χ1) is 12.7. The molecule has 0 aromatic heterocycles. The SMILES string of the molecule is O=S(=O)(Nc1ccccc1-c1ccc(F)c(C(F)(F)F)c1)c1ccccc1. The van der Waals surface area contributed by atoms with Crippen molar-refractivity contribution < 1.29 is 26.0 Å². The van der Waals surface area contributed by atoms with Gasteiger partial charge in [0.15, 0.2) is 0 Å². The van der Waals surface area contributed by atoms with E-state index in [1.807, 2.05) is 0 Å². The third kappa shape index (κ3) is 4.11. The van der Waals surface area contributed by atoms with E-state index in [0.717, 1.165) is 0 Å². The number of benzene rings is 3. The Kier molecular flexibility index (Phi) is 4.93. The van der Waals surface area contributed by atoms with E-state index in [0.29, 0.717) is 12.1 Å². The molecule has 0 aliphatic carbocycles. The molecule has 0 saturated carbocycles. The fourth-order valence-corrected chi connectivity index (χ4v) is 3.64. The summed E-state index contributed by atoms with van der Waals surface area (Å²) in [6.45, 7) is 0. The molecular weight excluding hydrogens is 382 g/mol. The lowest BCUT2D eigenvalue weighted by atomic mass is 10.0. The fourth-order valence-electron chi connectivity index (χ4n) is 2.54. The molecule has 0 bridgehead atoms. The largest absolute Gasteiger partial charge is 0.419 e. The molecule has 27 heavy (non-hydrogen) atoms. The highest BCUT2D eigenvalue weighted by Gasteiger charge is 2.34.